The molecule has 2 aromatic rings. The first-order valence-corrected chi connectivity index (χ1v) is 11.8. The number of aromatic nitrogens is 1. The number of pyridine rings is 1. The minimum Gasteiger partial charge on any atom is -0.386 e. The Bertz CT molecular complexity index is 1210. The van der Waals surface area contributed by atoms with E-state index in [0.29, 0.717) is 11.3 Å². The molecule has 162 valence electrons. The summed E-state index contributed by atoms with van der Waals surface area (Å²) in [5.41, 5.74) is 4.65. The number of carbonyl (C=O) groups excluding carboxylic acids is 1. The van der Waals surface area contributed by atoms with E-state index >= 15 is 0 Å². The molecule has 4 N–H and O–H groups in total. The van der Waals surface area contributed by atoms with Crippen LogP contribution in [0.1, 0.15) is 60.1 Å². The van der Waals surface area contributed by atoms with E-state index in [1.54, 1.807) is 13.8 Å². The van der Waals surface area contributed by atoms with E-state index in [-0.39, 0.29) is 4.90 Å². The van der Waals surface area contributed by atoms with Gasteiger partial charge < -0.3 is 10.4 Å². The summed E-state index contributed by atoms with van der Waals surface area (Å²) in [4.78, 5) is 16.8. The van der Waals surface area contributed by atoms with Gasteiger partial charge in [-0.25, -0.2) is 14.1 Å². The predicted octanol–water partition coefficient (Wildman–Crippen LogP) is 3.09. The quantitative estimate of drug-likeness (QED) is 0.674. The number of urea groups is 1. The first-order valence-electron chi connectivity index (χ1n) is 10.2. The minimum atomic E-state index is -3.57. The van der Waals surface area contributed by atoms with Crippen LogP contribution in [0.3, 0.4) is 0 Å². The Labute approximate surface area is 181 Å². The summed E-state index contributed by atoms with van der Waals surface area (Å²) in [7, 11) is -3.57. The highest BCUT2D eigenvalue weighted by atomic mass is 32.2. The number of anilines is 1. The fourth-order valence-electron chi connectivity index (χ4n) is 4.46. The number of nitrogens with zero attached hydrogens (tertiary/aromatic N) is 3. The van der Waals surface area contributed by atoms with E-state index in [9.17, 15) is 19.4 Å². The van der Waals surface area contributed by atoms with E-state index < -0.39 is 21.5 Å². The van der Waals surface area contributed by atoms with Gasteiger partial charge in [-0.2, -0.15) is 5.26 Å². The van der Waals surface area contributed by atoms with E-state index in [1.807, 2.05) is 0 Å². The summed E-state index contributed by atoms with van der Waals surface area (Å²) in [5.74, 6) is 0. The lowest BCUT2D eigenvalue weighted by Crippen LogP contribution is -2.21. The van der Waals surface area contributed by atoms with Crippen molar-refractivity contribution in [2.75, 3.05) is 5.32 Å². The third-order valence-electron chi connectivity index (χ3n) is 5.96. The van der Waals surface area contributed by atoms with Gasteiger partial charge in [0.25, 0.3) is 0 Å². The minimum absolute atomic E-state index is 0.0672. The average Bonchev–Trinajstić information content (AvgIpc) is 3.37. The second kappa shape index (κ2) is 7.71. The van der Waals surface area contributed by atoms with Gasteiger partial charge in [0.05, 0.1) is 22.1 Å². The molecule has 31 heavy (non-hydrogen) atoms. The molecule has 9 heteroatoms. The zero-order valence-corrected chi connectivity index (χ0v) is 18.4. The summed E-state index contributed by atoms with van der Waals surface area (Å²) >= 11 is 0. The number of fused-ring (bicyclic) bond motifs is 2. The summed E-state index contributed by atoms with van der Waals surface area (Å²) in [5, 5.41) is 28.6. The normalized spacial score (nSPS) is 16.7. The molecule has 8 nitrogen and oxygen atoms in total. The summed E-state index contributed by atoms with van der Waals surface area (Å²) in [6.07, 6.45) is 7.77. The second-order valence-corrected chi connectivity index (χ2v) is 10.3. The van der Waals surface area contributed by atoms with Gasteiger partial charge in [-0.05, 0) is 80.7 Å². The van der Waals surface area contributed by atoms with Crippen molar-refractivity contribution < 1.29 is 14.1 Å². The molecule has 0 spiro atoms. The van der Waals surface area contributed by atoms with Gasteiger partial charge in [-0.15, -0.1) is 4.36 Å². The van der Waals surface area contributed by atoms with Gasteiger partial charge in [0.15, 0.2) is 0 Å². The Morgan fingerprint density at radius 1 is 1.19 bits per heavy atom. The number of rotatable bonds is 3. The Morgan fingerprint density at radius 3 is 2.32 bits per heavy atom. The average molecular weight is 440 g/mol. The number of hydrogen-bond donors (Lipinski definition) is 3. The van der Waals surface area contributed by atoms with Crippen LogP contribution in [-0.4, -0.2) is 20.3 Å². The second-order valence-electron chi connectivity index (χ2n) is 8.54. The van der Waals surface area contributed by atoms with Crippen molar-refractivity contribution in [3.8, 4) is 6.07 Å². The smallest absolute Gasteiger partial charge is 0.354 e. The molecule has 1 heterocycles. The number of nitrogens with two attached hydrogens (primary N) is 1. The highest BCUT2D eigenvalue weighted by Gasteiger charge is 2.29. The monoisotopic (exact) mass is 439 g/mol. The molecular weight excluding hydrogens is 414 g/mol. The van der Waals surface area contributed by atoms with Crippen LogP contribution >= 0.6 is 0 Å². The van der Waals surface area contributed by atoms with Crippen molar-refractivity contribution in [3.05, 3.63) is 51.8 Å². The van der Waals surface area contributed by atoms with Crippen molar-refractivity contribution in [3.63, 3.8) is 0 Å². The maximum absolute atomic E-state index is 13.0. The number of nitrogens with one attached hydrogen (secondary N) is 1. The Kier molecular flexibility index (Phi) is 5.33. The standard InChI is InChI=1S/C22H25N5O3S/c1-22(2,29)13-9-14(12-25-11-13)31(24,30)27-21(28)26-20-17-7-3-5-15(17)19(10-23)16-6-4-8-18(16)20/h9,11-12,29H,3-8H2,1-2H3,(H3,24,26,27,28,30)/t31-/m0/s1. The zero-order valence-electron chi connectivity index (χ0n) is 17.6. The molecule has 2 amide bonds. The van der Waals surface area contributed by atoms with E-state index in [0.717, 1.165) is 66.3 Å². The first kappa shape index (κ1) is 21.4. The molecule has 0 unspecified atom stereocenters. The van der Waals surface area contributed by atoms with E-state index in [4.69, 9.17) is 5.14 Å². The van der Waals surface area contributed by atoms with Gasteiger partial charge in [0.1, 0.15) is 9.92 Å². The van der Waals surface area contributed by atoms with Gasteiger partial charge in [0.2, 0.25) is 0 Å². The largest absolute Gasteiger partial charge is 0.386 e. The number of nitriles is 1. The van der Waals surface area contributed by atoms with Gasteiger partial charge in [-0.1, -0.05) is 0 Å². The lowest BCUT2D eigenvalue weighted by atomic mass is 9.93. The summed E-state index contributed by atoms with van der Waals surface area (Å²) in [6.45, 7) is 3.14. The zero-order chi connectivity index (χ0) is 22.4. The van der Waals surface area contributed by atoms with Crippen LogP contribution in [0, 0.1) is 11.3 Å². The molecule has 1 aromatic carbocycles. The summed E-state index contributed by atoms with van der Waals surface area (Å²) in [6, 6.07) is 3.01. The molecule has 0 saturated heterocycles. The fourth-order valence-corrected chi connectivity index (χ4v) is 5.37. The van der Waals surface area contributed by atoms with Crippen LogP contribution in [0.5, 0.6) is 0 Å². The highest BCUT2D eigenvalue weighted by Crippen LogP contribution is 2.41. The molecule has 0 saturated carbocycles. The Morgan fingerprint density at radius 2 is 1.77 bits per heavy atom. The Hall–Kier alpha value is -2.80. The van der Waals surface area contributed by atoms with Crippen molar-refractivity contribution in [2.45, 2.75) is 62.9 Å². The van der Waals surface area contributed by atoms with E-state index in [2.05, 4.69) is 20.7 Å². The molecule has 0 fully saturated rings. The lowest BCUT2D eigenvalue weighted by molar-refractivity contribution is 0.0780. The number of hydrogen-bond acceptors (Lipinski definition) is 5. The van der Waals surface area contributed by atoms with Crippen molar-refractivity contribution in [2.24, 2.45) is 9.50 Å². The molecule has 4 rings (SSSR count). The first-order chi connectivity index (χ1) is 14.6. The number of carbonyl (C=O) groups is 1. The lowest BCUT2D eigenvalue weighted by Gasteiger charge is -2.18. The van der Waals surface area contributed by atoms with Crippen LogP contribution < -0.4 is 10.5 Å². The molecule has 0 radical (unpaired) electrons. The maximum atomic E-state index is 13.0. The molecule has 0 aliphatic heterocycles. The highest BCUT2D eigenvalue weighted by molar-refractivity contribution is 7.91. The van der Waals surface area contributed by atoms with Crippen molar-refractivity contribution >= 4 is 21.6 Å². The molecule has 2 aliphatic carbocycles. The molecule has 0 bridgehead atoms. The fraction of sp³-hybridized carbons (Fsp3) is 0.409. The maximum Gasteiger partial charge on any atom is 0.354 e. The van der Waals surface area contributed by atoms with Crippen LogP contribution in [0.25, 0.3) is 0 Å². The topological polar surface area (TPSA) is 141 Å². The molecule has 1 aromatic heterocycles. The van der Waals surface area contributed by atoms with Crippen LogP contribution in [0.15, 0.2) is 27.7 Å². The molecular formula is C22H25N5O3S. The third kappa shape index (κ3) is 3.94. The van der Waals surface area contributed by atoms with Gasteiger partial charge >= 0.3 is 6.03 Å². The SMILES string of the molecule is CC(C)(O)c1cncc([S@@](N)(=O)=NC(=O)Nc2c3c(c(C#N)c4c2CCC4)CCC3)c1. The number of benzene rings is 1. The number of amides is 2. The number of aliphatic hydroxyl groups is 1. The van der Waals surface area contributed by atoms with Crippen molar-refractivity contribution in [1.82, 2.24) is 4.98 Å². The predicted molar refractivity (Wildman–Crippen MR) is 117 cm³/mol. The third-order valence-corrected chi connectivity index (χ3v) is 7.30. The Balaban J connectivity index is 1.71. The van der Waals surface area contributed by atoms with Gasteiger partial charge in [0, 0.05) is 23.6 Å². The molecule has 1 atom stereocenters. The molecule has 2 aliphatic rings. The van der Waals surface area contributed by atoms with Crippen molar-refractivity contribution in [1.29, 1.82) is 5.26 Å². The van der Waals surface area contributed by atoms with Crippen LogP contribution in [-0.2, 0) is 41.2 Å². The summed E-state index contributed by atoms with van der Waals surface area (Å²) < 4.78 is 16.8. The van der Waals surface area contributed by atoms with Gasteiger partial charge in [-0.3, -0.25) is 4.98 Å². The van der Waals surface area contributed by atoms with E-state index in [1.165, 1.54) is 18.5 Å². The van der Waals surface area contributed by atoms with Crippen LogP contribution in [0.4, 0.5) is 10.5 Å². The van der Waals surface area contributed by atoms with Crippen LogP contribution in [0.2, 0.25) is 0 Å².